The van der Waals surface area contributed by atoms with E-state index in [0.717, 1.165) is 25.1 Å². The van der Waals surface area contributed by atoms with Crippen LogP contribution in [-0.4, -0.2) is 14.3 Å². The Morgan fingerprint density at radius 2 is 2.17 bits per heavy atom. The Balaban J connectivity index is 1.79. The Morgan fingerprint density at radius 1 is 1.42 bits per heavy atom. The number of nitrogens with zero attached hydrogens (tertiary/aromatic N) is 4. The first-order valence-electron chi connectivity index (χ1n) is 8.69. The molecule has 0 bridgehead atoms. The first kappa shape index (κ1) is 16.8. The van der Waals surface area contributed by atoms with E-state index in [1.807, 2.05) is 23.9 Å². The summed E-state index contributed by atoms with van der Waals surface area (Å²) in [5.41, 5.74) is 5.80. The normalized spacial score (nSPS) is 17.6. The average molecular weight is 325 g/mol. The lowest BCUT2D eigenvalue weighted by Crippen LogP contribution is -2.29. The highest BCUT2D eigenvalue weighted by Gasteiger charge is 2.28. The van der Waals surface area contributed by atoms with E-state index in [9.17, 15) is 5.26 Å². The maximum Gasteiger partial charge on any atom is 0.120 e. The molecule has 0 saturated carbocycles. The molecule has 0 unspecified atom stereocenters. The zero-order valence-electron chi connectivity index (χ0n) is 15.3. The van der Waals surface area contributed by atoms with Crippen molar-refractivity contribution in [3.05, 3.63) is 40.5 Å². The molecular weight excluding hydrogens is 298 g/mol. The van der Waals surface area contributed by atoms with Gasteiger partial charge in [0.2, 0.25) is 0 Å². The molecule has 0 radical (unpaired) electrons. The lowest BCUT2D eigenvalue weighted by atomic mass is 9.92. The third kappa shape index (κ3) is 2.87. The fourth-order valence-corrected chi connectivity index (χ4v) is 3.63. The molecule has 0 saturated heterocycles. The Labute approximate surface area is 144 Å². The quantitative estimate of drug-likeness (QED) is 0.942. The second-order valence-electron chi connectivity index (χ2n) is 7.77. The van der Waals surface area contributed by atoms with Crippen molar-refractivity contribution in [1.29, 1.82) is 5.26 Å². The van der Waals surface area contributed by atoms with Gasteiger partial charge in [0.25, 0.3) is 0 Å². The Bertz CT molecular complexity index is 782. The van der Waals surface area contributed by atoms with Crippen LogP contribution >= 0.6 is 0 Å². The summed E-state index contributed by atoms with van der Waals surface area (Å²) in [6.45, 7) is 9.46. The lowest BCUT2D eigenvalue weighted by molar-refractivity contribution is 0.334. The van der Waals surface area contributed by atoms with Crippen LogP contribution < -0.4 is 5.32 Å². The predicted molar refractivity (Wildman–Crippen MR) is 94.6 cm³/mol. The highest BCUT2D eigenvalue weighted by atomic mass is 15.3. The highest BCUT2D eigenvalue weighted by molar-refractivity contribution is 5.34. The molecular formula is C19H27N5. The zero-order chi connectivity index (χ0) is 17.5. The Kier molecular flexibility index (Phi) is 4.27. The van der Waals surface area contributed by atoms with Crippen LogP contribution in [0.25, 0.3) is 0 Å². The molecule has 1 atom stereocenters. The van der Waals surface area contributed by atoms with Gasteiger partial charge in [0.1, 0.15) is 11.8 Å². The number of rotatable bonds is 3. The van der Waals surface area contributed by atoms with Crippen molar-refractivity contribution < 1.29 is 0 Å². The summed E-state index contributed by atoms with van der Waals surface area (Å²) in [5, 5.41) is 17.5. The van der Waals surface area contributed by atoms with Gasteiger partial charge in [-0.3, -0.25) is 4.68 Å². The van der Waals surface area contributed by atoms with Crippen molar-refractivity contribution in [1.82, 2.24) is 19.7 Å². The van der Waals surface area contributed by atoms with Crippen LogP contribution in [0.1, 0.15) is 67.9 Å². The monoisotopic (exact) mass is 325 g/mol. The van der Waals surface area contributed by atoms with Crippen molar-refractivity contribution in [2.45, 2.75) is 65.1 Å². The van der Waals surface area contributed by atoms with E-state index in [-0.39, 0.29) is 5.54 Å². The van der Waals surface area contributed by atoms with Crippen LogP contribution in [0.4, 0.5) is 0 Å². The highest BCUT2D eigenvalue weighted by Crippen LogP contribution is 2.32. The molecule has 3 rings (SSSR count). The molecule has 0 aromatic carbocycles. The van der Waals surface area contributed by atoms with Crippen LogP contribution in [0.15, 0.2) is 12.3 Å². The minimum Gasteiger partial charge on any atom is -0.340 e. The van der Waals surface area contributed by atoms with Crippen molar-refractivity contribution in [2.24, 2.45) is 7.05 Å². The summed E-state index contributed by atoms with van der Waals surface area (Å²) in [7, 11) is 1.95. The van der Waals surface area contributed by atoms with E-state index in [4.69, 9.17) is 0 Å². The second kappa shape index (κ2) is 6.10. The second-order valence-corrected chi connectivity index (χ2v) is 7.77. The molecule has 2 aromatic heterocycles. The fourth-order valence-electron chi connectivity index (χ4n) is 3.63. The van der Waals surface area contributed by atoms with E-state index in [1.54, 1.807) is 0 Å². The van der Waals surface area contributed by atoms with Gasteiger partial charge in [0, 0.05) is 36.6 Å². The minimum absolute atomic E-state index is 0.0210. The SMILES string of the molecule is Cc1c(CN[C@@H]2CCCc3c2cnn3C(C)(C)C)cc(C#N)n1C. The maximum atomic E-state index is 9.18. The molecule has 0 fully saturated rings. The van der Waals surface area contributed by atoms with Crippen LogP contribution in [0.5, 0.6) is 0 Å². The summed E-state index contributed by atoms with van der Waals surface area (Å²) in [6, 6.07) is 4.59. The number of hydrogen-bond donors (Lipinski definition) is 1. The van der Waals surface area contributed by atoms with Gasteiger partial charge in [0.05, 0.1) is 11.7 Å². The summed E-state index contributed by atoms with van der Waals surface area (Å²) in [6.07, 6.45) is 5.47. The molecule has 1 aliphatic rings. The largest absolute Gasteiger partial charge is 0.340 e. The summed E-state index contributed by atoms with van der Waals surface area (Å²) < 4.78 is 4.14. The molecule has 128 valence electrons. The van der Waals surface area contributed by atoms with Crippen molar-refractivity contribution >= 4 is 0 Å². The first-order valence-corrected chi connectivity index (χ1v) is 8.69. The van der Waals surface area contributed by atoms with E-state index < -0.39 is 0 Å². The molecule has 2 heterocycles. The molecule has 0 spiro atoms. The number of hydrogen-bond acceptors (Lipinski definition) is 3. The van der Waals surface area contributed by atoms with E-state index in [1.165, 1.54) is 23.2 Å². The lowest BCUT2D eigenvalue weighted by Gasteiger charge is -2.28. The predicted octanol–water partition coefficient (Wildman–Crippen LogP) is 3.32. The maximum absolute atomic E-state index is 9.18. The van der Waals surface area contributed by atoms with Crippen molar-refractivity contribution in [2.75, 3.05) is 0 Å². The molecule has 1 aliphatic carbocycles. The number of aromatic nitrogens is 3. The molecule has 5 nitrogen and oxygen atoms in total. The molecule has 2 aromatic rings. The molecule has 5 heteroatoms. The van der Waals surface area contributed by atoms with Gasteiger partial charge in [-0.05, 0) is 58.6 Å². The summed E-state index contributed by atoms with van der Waals surface area (Å²) >= 11 is 0. The van der Waals surface area contributed by atoms with E-state index in [0.29, 0.717) is 11.7 Å². The van der Waals surface area contributed by atoms with Crippen LogP contribution in [0.3, 0.4) is 0 Å². The zero-order valence-corrected chi connectivity index (χ0v) is 15.3. The average Bonchev–Trinajstić information content (AvgIpc) is 3.08. The smallest absolute Gasteiger partial charge is 0.120 e. The van der Waals surface area contributed by atoms with E-state index >= 15 is 0 Å². The molecule has 0 aliphatic heterocycles. The van der Waals surface area contributed by atoms with Crippen molar-refractivity contribution in [3.63, 3.8) is 0 Å². The van der Waals surface area contributed by atoms with Crippen molar-refractivity contribution in [3.8, 4) is 6.07 Å². The van der Waals surface area contributed by atoms with Gasteiger partial charge >= 0.3 is 0 Å². The standard InChI is InChI=1S/C19H27N5/c1-13-14(9-15(10-20)23(13)5)11-21-17-7-6-8-18-16(17)12-22-24(18)19(2,3)4/h9,12,17,21H,6-8,11H2,1-5H3/t17-/m1/s1. The summed E-state index contributed by atoms with van der Waals surface area (Å²) in [5.74, 6) is 0. The number of nitrogens with one attached hydrogen (secondary N) is 1. The van der Waals surface area contributed by atoms with Crippen LogP contribution in [0.2, 0.25) is 0 Å². The van der Waals surface area contributed by atoms with Gasteiger partial charge in [-0.15, -0.1) is 0 Å². The molecule has 1 N–H and O–H groups in total. The molecule has 0 amide bonds. The number of nitriles is 1. The topological polar surface area (TPSA) is 58.6 Å². The summed E-state index contributed by atoms with van der Waals surface area (Å²) in [4.78, 5) is 0. The first-order chi connectivity index (χ1) is 11.3. The van der Waals surface area contributed by atoms with Gasteiger partial charge in [-0.25, -0.2) is 0 Å². The fraction of sp³-hybridized carbons (Fsp3) is 0.579. The van der Waals surface area contributed by atoms with Gasteiger partial charge < -0.3 is 9.88 Å². The van der Waals surface area contributed by atoms with Crippen LogP contribution in [-0.2, 0) is 25.6 Å². The third-order valence-corrected chi connectivity index (χ3v) is 5.11. The van der Waals surface area contributed by atoms with Gasteiger partial charge in [0.15, 0.2) is 0 Å². The van der Waals surface area contributed by atoms with Gasteiger partial charge in [-0.2, -0.15) is 10.4 Å². The van der Waals surface area contributed by atoms with Crippen LogP contribution in [0, 0.1) is 18.3 Å². The number of fused-ring (bicyclic) bond motifs is 1. The van der Waals surface area contributed by atoms with E-state index in [2.05, 4.69) is 48.9 Å². The third-order valence-electron chi connectivity index (χ3n) is 5.11. The Hall–Kier alpha value is -2.06. The van der Waals surface area contributed by atoms with Gasteiger partial charge in [-0.1, -0.05) is 0 Å². The Morgan fingerprint density at radius 3 is 2.79 bits per heavy atom. The minimum atomic E-state index is 0.0210. The molecule has 24 heavy (non-hydrogen) atoms.